The van der Waals surface area contributed by atoms with E-state index in [1.165, 1.54) is 20.0 Å². The highest BCUT2D eigenvalue weighted by Gasteiger charge is 2.19. The van der Waals surface area contributed by atoms with Crippen LogP contribution < -0.4 is 14.4 Å². The van der Waals surface area contributed by atoms with Gasteiger partial charge in [0.2, 0.25) is 0 Å². The van der Waals surface area contributed by atoms with E-state index in [0.29, 0.717) is 5.56 Å². The summed E-state index contributed by atoms with van der Waals surface area (Å²) in [6.07, 6.45) is 4.12. The predicted molar refractivity (Wildman–Crippen MR) is 106 cm³/mol. The SMILES string of the molecule is COC(=O)c1ccc(N=Cc2cc(OC)c(N3CCCC3)cc2OC)cc1. The summed E-state index contributed by atoms with van der Waals surface area (Å²) in [4.78, 5) is 18.3. The molecule has 142 valence electrons. The molecule has 1 aliphatic rings. The lowest BCUT2D eigenvalue weighted by molar-refractivity contribution is 0.0601. The van der Waals surface area contributed by atoms with E-state index in [-0.39, 0.29) is 5.97 Å². The van der Waals surface area contributed by atoms with Gasteiger partial charge in [0.05, 0.1) is 38.3 Å². The zero-order valence-electron chi connectivity index (χ0n) is 15.9. The summed E-state index contributed by atoms with van der Waals surface area (Å²) in [7, 11) is 4.69. The van der Waals surface area contributed by atoms with E-state index in [2.05, 4.69) is 9.89 Å². The van der Waals surface area contributed by atoms with Crippen molar-refractivity contribution in [2.24, 2.45) is 4.99 Å². The van der Waals surface area contributed by atoms with Crippen molar-refractivity contribution >= 4 is 23.6 Å². The third-order valence-corrected chi connectivity index (χ3v) is 4.62. The second-order valence-electron chi connectivity index (χ2n) is 6.26. The van der Waals surface area contributed by atoms with Crippen LogP contribution in [0.3, 0.4) is 0 Å². The van der Waals surface area contributed by atoms with Gasteiger partial charge in [0.1, 0.15) is 11.5 Å². The maximum Gasteiger partial charge on any atom is 0.337 e. The highest BCUT2D eigenvalue weighted by Crippen LogP contribution is 2.36. The molecule has 0 radical (unpaired) electrons. The Morgan fingerprint density at radius 1 is 1.00 bits per heavy atom. The van der Waals surface area contributed by atoms with E-state index in [0.717, 1.165) is 41.5 Å². The summed E-state index contributed by atoms with van der Waals surface area (Å²) in [5.74, 6) is 1.18. The fraction of sp³-hybridized carbons (Fsp3) is 0.333. The van der Waals surface area contributed by atoms with Crippen LogP contribution in [0.5, 0.6) is 11.5 Å². The molecule has 0 bridgehead atoms. The molecule has 6 heteroatoms. The maximum absolute atomic E-state index is 11.5. The third kappa shape index (κ3) is 4.22. The number of nitrogens with zero attached hydrogens (tertiary/aromatic N) is 2. The monoisotopic (exact) mass is 368 g/mol. The maximum atomic E-state index is 11.5. The van der Waals surface area contributed by atoms with Gasteiger partial charge < -0.3 is 19.1 Å². The molecule has 0 atom stereocenters. The Bertz CT molecular complexity index is 825. The largest absolute Gasteiger partial charge is 0.496 e. The fourth-order valence-electron chi connectivity index (χ4n) is 3.16. The van der Waals surface area contributed by atoms with Gasteiger partial charge in [0.25, 0.3) is 0 Å². The van der Waals surface area contributed by atoms with Gasteiger partial charge in [0.15, 0.2) is 0 Å². The average molecular weight is 368 g/mol. The number of ether oxygens (including phenoxy) is 3. The first-order valence-corrected chi connectivity index (χ1v) is 8.89. The van der Waals surface area contributed by atoms with Gasteiger partial charge in [-0.3, -0.25) is 4.99 Å². The number of carbonyl (C=O) groups excluding carboxylic acids is 1. The number of benzene rings is 2. The second-order valence-corrected chi connectivity index (χ2v) is 6.26. The summed E-state index contributed by atoms with van der Waals surface area (Å²) >= 11 is 0. The van der Waals surface area contributed by atoms with Crippen molar-refractivity contribution in [2.45, 2.75) is 12.8 Å². The Kier molecular flexibility index (Phi) is 5.96. The summed E-state index contributed by atoms with van der Waals surface area (Å²) in [5, 5.41) is 0. The molecule has 0 unspecified atom stereocenters. The highest BCUT2D eigenvalue weighted by atomic mass is 16.5. The number of hydrogen-bond acceptors (Lipinski definition) is 6. The first kappa shape index (κ1) is 18.8. The fourth-order valence-corrected chi connectivity index (χ4v) is 3.16. The molecule has 0 aliphatic carbocycles. The van der Waals surface area contributed by atoms with Crippen molar-refractivity contribution in [1.29, 1.82) is 0 Å². The number of methoxy groups -OCH3 is 3. The van der Waals surface area contributed by atoms with Crippen LogP contribution in [0.25, 0.3) is 0 Å². The van der Waals surface area contributed by atoms with Crippen molar-refractivity contribution < 1.29 is 19.0 Å². The van der Waals surface area contributed by atoms with Crippen molar-refractivity contribution in [3.05, 3.63) is 47.5 Å². The molecular formula is C21H24N2O4. The van der Waals surface area contributed by atoms with E-state index in [9.17, 15) is 4.79 Å². The Morgan fingerprint density at radius 3 is 2.26 bits per heavy atom. The molecule has 0 N–H and O–H groups in total. The number of carbonyl (C=O) groups is 1. The Labute approximate surface area is 159 Å². The van der Waals surface area contributed by atoms with Crippen LogP contribution in [0.15, 0.2) is 41.4 Å². The minimum absolute atomic E-state index is 0.366. The van der Waals surface area contributed by atoms with Crippen LogP contribution >= 0.6 is 0 Å². The van der Waals surface area contributed by atoms with E-state index in [4.69, 9.17) is 14.2 Å². The van der Waals surface area contributed by atoms with E-state index < -0.39 is 0 Å². The molecule has 0 saturated carbocycles. The Hall–Kier alpha value is -3.02. The average Bonchev–Trinajstić information content (AvgIpc) is 3.26. The highest BCUT2D eigenvalue weighted by molar-refractivity contribution is 5.90. The molecule has 3 rings (SSSR count). The molecule has 0 spiro atoms. The first-order chi connectivity index (χ1) is 13.2. The smallest absolute Gasteiger partial charge is 0.337 e. The lowest BCUT2D eigenvalue weighted by Crippen LogP contribution is -2.18. The quantitative estimate of drug-likeness (QED) is 0.573. The Balaban J connectivity index is 1.87. The number of aliphatic imine (C=N–C) groups is 1. The van der Waals surface area contributed by atoms with E-state index in [1.807, 2.05) is 12.1 Å². The topological polar surface area (TPSA) is 60.4 Å². The minimum atomic E-state index is -0.366. The van der Waals surface area contributed by atoms with Crippen LogP contribution in [-0.2, 0) is 4.74 Å². The number of esters is 1. The van der Waals surface area contributed by atoms with Crippen molar-refractivity contribution in [3.63, 3.8) is 0 Å². The van der Waals surface area contributed by atoms with Gasteiger partial charge in [-0.05, 0) is 43.2 Å². The lowest BCUT2D eigenvalue weighted by Gasteiger charge is -2.22. The molecule has 2 aromatic rings. The zero-order valence-corrected chi connectivity index (χ0v) is 15.9. The normalized spacial score (nSPS) is 13.8. The van der Waals surface area contributed by atoms with Crippen LogP contribution in [0.4, 0.5) is 11.4 Å². The summed E-state index contributed by atoms with van der Waals surface area (Å²) in [6.45, 7) is 2.05. The molecule has 0 aromatic heterocycles. The zero-order chi connectivity index (χ0) is 19.2. The molecule has 27 heavy (non-hydrogen) atoms. The van der Waals surface area contributed by atoms with E-state index in [1.54, 1.807) is 44.7 Å². The Morgan fingerprint density at radius 2 is 1.67 bits per heavy atom. The van der Waals surface area contributed by atoms with Crippen LogP contribution in [0.2, 0.25) is 0 Å². The molecule has 1 fully saturated rings. The minimum Gasteiger partial charge on any atom is -0.496 e. The summed E-state index contributed by atoms with van der Waals surface area (Å²) in [5.41, 5.74) is 3.10. The van der Waals surface area contributed by atoms with Gasteiger partial charge in [-0.1, -0.05) is 0 Å². The number of anilines is 1. The van der Waals surface area contributed by atoms with E-state index >= 15 is 0 Å². The van der Waals surface area contributed by atoms with Gasteiger partial charge in [-0.15, -0.1) is 0 Å². The molecule has 1 aliphatic heterocycles. The van der Waals surface area contributed by atoms with Crippen LogP contribution in [-0.4, -0.2) is 46.6 Å². The second kappa shape index (κ2) is 8.58. The van der Waals surface area contributed by atoms with Gasteiger partial charge in [-0.2, -0.15) is 0 Å². The first-order valence-electron chi connectivity index (χ1n) is 8.89. The van der Waals surface area contributed by atoms with Crippen LogP contribution in [0, 0.1) is 0 Å². The summed E-state index contributed by atoms with van der Waals surface area (Å²) in [6, 6.07) is 10.9. The van der Waals surface area contributed by atoms with Crippen molar-refractivity contribution in [1.82, 2.24) is 0 Å². The standard InChI is InChI=1S/C21H24N2O4/c1-25-19-13-18(23-10-4-5-11-23)20(26-2)12-16(19)14-22-17-8-6-15(7-9-17)21(24)27-3/h6-9,12-14H,4-5,10-11H2,1-3H3. The lowest BCUT2D eigenvalue weighted by atomic mass is 10.1. The molecule has 6 nitrogen and oxygen atoms in total. The predicted octanol–water partition coefficient (Wildman–Crippen LogP) is 3.84. The van der Waals surface area contributed by atoms with Crippen LogP contribution in [0.1, 0.15) is 28.8 Å². The molecular weight excluding hydrogens is 344 g/mol. The molecule has 1 saturated heterocycles. The third-order valence-electron chi connectivity index (χ3n) is 4.62. The van der Waals surface area contributed by atoms with Gasteiger partial charge in [0, 0.05) is 30.9 Å². The summed E-state index contributed by atoms with van der Waals surface area (Å²) < 4.78 is 15.9. The molecule has 0 amide bonds. The molecule has 1 heterocycles. The van der Waals surface area contributed by atoms with Gasteiger partial charge in [-0.25, -0.2) is 4.79 Å². The number of hydrogen-bond donors (Lipinski definition) is 0. The van der Waals surface area contributed by atoms with Crippen molar-refractivity contribution in [3.8, 4) is 11.5 Å². The molecule has 2 aromatic carbocycles. The van der Waals surface area contributed by atoms with Crippen molar-refractivity contribution in [2.75, 3.05) is 39.3 Å². The number of rotatable bonds is 6. The van der Waals surface area contributed by atoms with Gasteiger partial charge >= 0.3 is 5.97 Å².